The number of para-hydroxylation sites is 2. The van der Waals surface area contributed by atoms with E-state index in [4.69, 9.17) is 10.5 Å². The lowest BCUT2D eigenvalue weighted by molar-refractivity contribution is -0.140. The van der Waals surface area contributed by atoms with Crippen LogP contribution in [0.15, 0.2) is 75.4 Å². The molecule has 2 N–H and O–H groups in total. The minimum atomic E-state index is -1.66. The molecule has 1 atom stereocenters. The van der Waals surface area contributed by atoms with Gasteiger partial charge in [-0.3, -0.25) is 9.69 Å². The monoisotopic (exact) mass is 430 g/mol. The summed E-state index contributed by atoms with van der Waals surface area (Å²) in [6.45, 7) is 1.80. The van der Waals surface area contributed by atoms with Crippen LogP contribution in [-0.2, 0) is 19.7 Å². The smallest absolute Gasteiger partial charge is 0.339 e. The number of fused-ring (bicyclic) bond motifs is 5. The van der Waals surface area contributed by atoms with Crippen molar-refractivity contribution in [2.45, 2.75) is 17.2 Å². The van der Waals surface area contributed by atoms with Crippen LogP contribution in [0.3, 0.4) is 0 Å². The highest BCUT2D eigenvalue weighted by Crippen LogP contribution is 2.60. The van der Waals surface area contributed by atoms with Gasteiger partial charge >= 0.3 is 5.97 Å². The van der Waals surface area contributed by atoms with Crippen molar-refractivity contribution >= 4 is 35.0 Å². The predicted molar refractivity (Wildman–Crippen MR) is 117 cm³/mol. The van der Waals surface area contributed by atoms with Crippen molar-refractivity contribution in [2.75, 3.05) is 23.5 Å². The normalized spacial score (nSPS) is 21.3. The minimum Gasteiger partial charge on any atom is -0.462 e. The Labute approximate surface area is 183 Å². The van der Waals surface area contributed by atoms with Crippen LogP contribution in [0.1, 0.15) is 12.5 Å². The Balaban J connectivity index is 1.91. The highest BCUT2D eigenvalue weighted by molar-refractivity contribution is 8.03. The van der Waals surface area contributed by atoms with Gasteiger partial charge in [0.2, 0.25) is 5.91 Å². The van der Waals surface area contributed by atoms with Gasteiger partial charge in [0, 0.05) is 23.2 Å². The first-order valence-corrected chi connectivity index (χ1v) is 10.6. The molecular weight excluding hydrogens is 412 g/mol. The molecule has 7 nitrogen and oxygen atoms in total. The van der Waals surface area contributed by atoms with Crippen molar-refractivity contribution in [3.8, 4) is 6.07 Å². The quantitative estimate of drug-likeness (QED) is 0.731. The van der Waals surface area contributed by atoms with Crippen molar-refractivity contribution in [3.63, 3.8) is 0 Å². The molecule has 5 rings (SSSR count). The number of rotatable bonds is 2. The summed E-state index contributed by atoms with van der Waals surface area (Å²) < 4.78 is 5.35. The first-order valence-electron chi connectivity index (χ1n) is 9.75. The Morgan fingerprint density at radius 2 is 1.87 bits per heavy atom. The summed E-state index contributed by atoms with van der Waals surface area (Å²) in [5.41, 5.74) is 7.06. The minimum absolute atomic E-state index is 0.0197. The maximum Gasteiger partial charge on any atom is 0.339 e. The number of nitriles is 1. The van der Waals surface area contributed by atoms with Gasteiger partial charge in [0.1, 0.15) is 21.8 Å². The lowest BCUT2D eigenvalue weighted by Gasteiger charge is -2.38. The summed E-state index contributed by atoms with van der Waals surface area (Å²) >= 11 is 1.37. The number of thioether (sulfide) groups is 1. The number of hydrogen-bond acceptors (Lipinski definition) is 7. The zero-order chi connectivity index (χ0) is 21.9. The largest absolute Gasteiger partial charge is 0.462 e. The third kappa shape index (κ3) is 2.24. The van der Waals surface area contributed by atoms with Gasteiger partial charge in [-0.25, -0.2) is 4.79 Å². The van der Waals surface area contributed by atoms with Gasteiger partial charge in [-0.05, 0) is 25.1 Å². The van der Waals surface area contributed by atoms with Gasteiger partial charge in [-0.15, -0.1) is 0 Å². The van der Waals surface area contributed by atoms with Crippen LogP contribution >= 0.6 is 11.8 Å². The second kappa shape index (κ2) is 6.65. The van der Waals surface area contributed by atoms with E-state index in [9.17, 15) is 14.9 Å². The van der Waals surface area contributed by atoms with E-state index in [1.54, 1.807) is 37.1 Å². The van der Waals surface area contributed by atoms with Gasteiger partial charge in [0.15, 0.2) is 0 Å². The van der Waals surface area contributed by atoms with Crippen LogP contribution < -0.4 is 15.5 Å². The van der Waals surface area contributed by atoms with Gasteiger partial charge < -0.3 is 15.4 Å². The van der Waals surface area contributed by atoms with Crippen molar-refractivity contribution < 1.29 is 14.3 Å². The molecule has 0 aliphatic carbocycles. The maximum atomic E-state index is 13.8. The van der Waals surface area contributed by atoms with Crippen molar-refractivity contribution in [1.29, 1.82) is 5.26 Å². The van der Waals surface area contributed by atoms with Crippen LogP contribution in [0.4, 0.5) is 11.4 Å². The molecule has 2 aromatic carbocycles. The summed E-state index contributed by atoms with van der Waals surface area (Å²) in [5.74, 6) is -1.01. The van der Waals surface area contributed by atoms with Gasteiger partial charge in [-0.1, -0.05) is 42.1 Å². The van der Waals surface area contributed by atoms with Gasteiger partial charge in [0.05, 0.1) is 23.9 Å². The number of carbonyl (C=O) groups is 2. The molecule has 0 saturated heterocycles. The summed E-state index contributed by atoms with van der Waals surface area (Å²) in [7, 11) is 1.64. The molecular formula is C23H18N4O3S. The van der Waals surface area contributed by atoms with Crippen molar-refractivity contribution in [1.82, 2.24) is 0 Å². The van der Waals surface area contributed by atoms with Crippen LogP contribution in [0.2, 0.25) is 0 Å². The number of benzene rings is 2. The van der Waals surface area contributed by atoms with E-state index < -0.39 is 17.3 Å². The number of esters is 1. The van der Waals surface area contributed by atoms with Crippen molar-refractivity contribution in [3.05, 3.63) is 76.1 Å². The number of carbonyl (C=O) groups excluding carboxylic acids is 2. The van der Waals surface area contributed by atoms with Crippen LogP contribution in [0.25, 0.3) is 0 Å². The fourth-order valence-corrected chi connectivity index (χ4v) is 5.82. The fourth-order valence-electron chi connectivity index (χ4n) is 4.61. The molecule has 3 aliphatic rings. The standard InChI is InChI=1S/C23H18N4O3S/c1-3-30-21(28)18-19(25)27-16-10-6-7-11-17(16)31-20(27)14(12-24)23(18)13-8-4-5-9-15(13)26(2)22(23)29/h4-11H,3,25H2,1-2H3. The molecule has 1 amide bonds. The number of nitrogens with two attached hydrogens (primary N) is 1. The summed E-state index contributed by atoms with van der Waals surface area (Å²) in [5, 5.41) is 10.9. The summed E-state index contributed by atoms with van der Waals surface area (Å²) in [4.78, 5) is 31.2. The molecule has 3 aliphatic heterocycles. The van der Waals surface area contributed by atoms with E-state index in [1.807, 2.05) is 30.3 Å². The average molecular weight is 430 g/mol. The van der Waals surface area contributed by atoms with Crippen LogP contribution in [-0.4, -0.2) is 25.5 Å². The number of likely N-dealkylation sites (N-methyl/N-ethyl adjacent to an activating group) is 1. The van der Waals surface area contributed by atoms with E-state index in [2.05, 4.69) is 6.07 Å². The van der Waals surface area contributed by atoms with Crippen LogP contribution in [0, 0.1) is 11.3 Å². The second-order valence-electron chi connectivity index (χ2n) is 7.31. The first-order chi connectivity index (χ1) is 15.0. The Morgan fingerprint density at radius 1 is 1.19 bits per heavy atom. The summed E-state index contributed by atoms with van der Waals surface area (Å²) in [6, 6.07) is 17.0. The van der Waals surface area contributed by atoms with E-state index in [-0.39, 0.29) is 23.6 Å². The molecule has 0 bridgehead atoms. The Morgan fingerprint density at radius 3 is 2.58 bits per heavy atom. The molecule has 0 radical (unpaired) electrons. The lowest BCUT2D eigenvalue weighted by Crippen LogP contribution is -2.50. The van der Waals surface area contributed by atoms with E-state index in [0.29, 0.717) is 16.3 Å². The maximum absolute atomic E-state index is 13.8. The van der Waals surface area contributed by atoms with E-state index >= 15 is 0 Å². The second-order valence-corrected chi connectivity index (χ2v) is 8.34. The number of hydrogen-bond donors (Lipinski definition) is 1. The third-order valence-electron chi connectivity index (χ3n) is 5.86. The molecule has 2 aromatic rings. The first kappa shape index (κ1) is 19.3. The topological polar surface area (TPSA) is 99.7 Å². The highest BCUT2D eigenvalue weighted by Gasteiger charge is 2.62. The average Bonchev–Trinajstić information content (AvgIpc) is 3.26. The molecule has 0 aromatic heterocycles. The molecule has 154 valence electrons. The zero-order valence-corrected chi connectivity index (χ0v) is 17.7. The molecule has 1 spiro atoms. The number of nitrogens with zero attached hydrogens (tertiary/aromatic N) is 3. The fraction of sp³-hybridized carbons (Fsp3) is 0.174. The van der Waals surface area contributed by atoms with Crippen LogP contribution in [0.5, 0.6) is 0 Å². The Bertz CT molecular complexity index is 1280. The molecule has 31 heavy (non-hydrogen) atoms. The van der Waals surface area contributed by atoms with E-state index in [1.165, 1.54) is 16.7 Å². The van der Waals surface area contributed by atoms with E-state index in [0.717, 1.165) is 10.6 Å². The third-order valence-corrected chi connectivity index (χ3v) is 7.01. The molecule has 8 heteroatoms. The number of amides is 1. The Hall–Kier alpha value is -3.70. The van der Waals surface area contributed by atoms with Gasteiger partial charge in [0.25, 0.3) is 0 Å². The summed E-state index contributed by atoms with van der Waals surface area (Å²) in [6.07, 6.45) is 0. The molecule has 3 heterocycles. The highest BCUT2D eigenvalue weighted by atomic mass is 32.2. The molecule has 1 unspecified atom stereocenters. The number of anilines is 2. The SMILES string of the molecule is CCOC(=O)C1=C(N)N2C(=C(C#N)C13C(=O)N(C)c1ccccc13)Sc1ccccc12. The zero-order valence-electron chi connectivity index (χ0n) is 16.9. The predicted octanol–water partition coefficient (Wildman–Crippen LogP) is 3.00. The Kier molecular flexibility index (Phi) is 4.14. The van der Waals surface area contributed by atoms with Crippen molar-refractivity contribution in [2.24, 2.45) is 5.73 Å². The molecule has 0 saturated carbocycles. The van der Waals surface area contributed by atoms with Gasteiger partial charge in [-0.2, -0.15) is 5.26 Å². The molecule has 0 fully saturated rings. The number of ether oxygens (including phenoxy) is 1. The lowest BCUT2D eigenvalue weighted by atomic mass is 9.68.